The summed E-state index contributed by atoms with van der Waals surface area (Å²) < 4.78 is 5.42. The minimum atomic E-state index is 0.162. The normalized spacial score (nSPS) is 28.2. The molecule has 0 radical (unpaired) electrons. The van der Waals surface area contributed by atoms with Crippen LogP contribution in [0.25, 0.3) is 0 Å². The van der Waals surface area contributed by atoms with Crippen LogP contribution in [0, 0.1) is 5.41 Å². The molecule has 3 saturated heterocycles. The van der Waals surface area contributed by atoms with Crippen molar-refractivity contribution in [1.29, 1.82) is 0 Å². The van der Waals surface area contributed by atoms with Gasteiger partial charge in [0.1, 0.15) is 0 Å². The lowest BCUT2D eigenvalue weighted by molar-refractivity contribution is -0.142. The molecule has 1 N–H and O–H groups in total. The van der Waals surface area contributed by atoms with Crippen LogP contribution in [0.4, 0.5) is 0 Å². The van der Waals surface area contributed by atoms with Gasteiger partial charge in [-0.3, -0.25) is 9.59 Å². The van der Waals surface area contributed by atoms with Crippen molar-refractivity contribution < 1.29 is 14.3 Å². The van der Waals surface area contributed by atoms with Crippen molar-refractivity contribution >= 4 is 11.8 Å². The summed E-state index contributed by atoms with van der Waals surface area (Å²) in [6, 6.07) is 0.162. The zero-order valence-electron chi connectivity index (χ0n) is 14.2. The van der Waals surface area contributed by atoms with Crippen LogP contribution in [-0.2, 0) is 14.3 Å². The first-order valence-corrected chi connectivity index (χ1v) is 8.98. The van der Waals surface area contributed by atoms with E-state index in [1.807, 2.05) is 9.80 Å². The third-order valence-corrected chi connectivity index (χ3v) is 5.73. The van der Waals surface area contributed by atoms with Gasteiger partial charge in [0.05, 0.1) is 13.2 Å². The van der Waals surface area contributed by atoms with Gasteiger partial charge in [-0.15, -0.1) is 0 Å². The highest BCUT2D eigenvalue weighted by Crippen LogP contribution is 2.40. The quantitative estimate of drug-likeness (QED) is 0.827. The summed E-state index contributed by atoms with van der Waals surface area (Å²) in [6.45, 7) is 7.60. The van der Waals surface area contributed by atoms with Crippen LogP contribution in [-0.4, -0.2) is 73.6 Å². The van der Waals surface area contributed by atoms with Crippen LogP contribution in [0.5, 0.6) is 0 Å². The second kappa shape index (κ2) is 7.18. The second-order valence-corrected chi connectivity index (χ2v) is 7.22. The Morgan fingerprint density at radius 3 is 2.78 bits per heavy atom. The van der Waals surface area contributed by atoms with Crippen molar-refractivity contribution in [3.63, 3.8) is 0 Å². The van der Waals surface area contributed by atoms with Gasteiger partial charge in [-0.1, -0.05) is 0 Å². The molecule has 0 aromatic carbocycles. The van der Waals surface area contributed by atoms with E-state index in [9.17, 15) is 9.59 Å². The van der Waals surface area contributed by atoms with Gasteiger partial charge in [-0.2, -0.15) is 0 Å². The number of amides is 2. The maximum atomic E-state index is 12.5. The molecule has 2 amide bonds. The van der Waals surface area contributed by atoms with Crippen molar-refractivity contribution in [2.45, 2.75) is 45.1 Å². The molecule has 1 unspecified atom stereocenters. The highest BCUT2D eigenvalue weighted by Gasteiger charge is 2.41. The number of ether oxygens (including phenoxy) is 1. The Labute approximate surface area is 138 Å². The van der Waals surface area contributed by atoms with Crippen LogP contribution >= 0.6 is 0 Å². The van der Waals surface area contributed by atoms with Crippen LogP contribution in [0.2, 0.25) is 0 Å². The molecular weight excluding hydrogens is 294 g/mol. The number of rotatable bonds is 3. The average Bonchev–Trinajstić information content (AvgIpc) is 2.59. The molecule has 0 aromatic heterocycles. The minimum Gasteiger partial charge on any atom is -0.378 e. The standard InChI is InChI=1S/C17H29N3O3/c1-2-19-13-17(4-3-15(19)21)5-8-20(9-6-17)16(22)11-14-12-23-10-7-18-14/h14,18H,2-13H2,1H3. The number of hydrogen-bond acceptors (Lipinski definition) is 4. The first-order valence-electron chi connectivity index (χ1n) is 8.98. The zero-order chi connectivity index (χ0) is 16.3. The van der Waals surface area contributed by atoms with Gasteiger partial charge in [0.15, 0.2) is 0 Å². The molecule has 3 heterocycles. The largest absolute Gasteiger partial charge is 0.378 e. The van der Waals surface area contributed by atoms with E-state index in [1.165, 1.54) is 0 Å². The molecule has 0 aromatic rings. The summed E-state index contributed by atoms with van der Waals surface area (Å²) in [7, 11) is 0. The van der Waals surface area contributed by atoms with Gasteiger partial charge in [0.2, 0.25) is 11.8 Å². The van der Waals surface area contributed by atoms with E-state index in [0.29, 0.717) is 25.4 Å². The molecule has 6 heteroatoms. The molecule has 0 bridgehead atoms. The lowest BCUT2D eigenvalue weighted by Crippen LogP contribution is -2.53. The number of nitrogens with zero attached hydrogens (tertiary/aromatic N) is 2. The van der Waals surface area contributed by atoms with E-state index in [1.54, 1.807) is 0 Å². The fourth-order valence-electron chi connectivity index (χ4n) is 4.12. The van der Waals surface area contributed by atoms with Crippen LogP contribution in [0.3, 0.4) is 0 Å². The Hall–Kier alpha value is -1.14. The molecule has 3 aliphatic heterocycles. The van der Waals surface area contributed by atoms with Gasteiger partial charge < -0.3 is 19.9 Å². The van der Waals surface area contributed by atoms with Crippen molar-refractivity contribution in [2.24, 2.45) is 5.41 Å². The van der Waals surface area contributed by atoms with Crippen molar-refractivity contribution in [3.05, 3.63) is 0 Å². The van der Waals surface area contributed by atoms with Gasteiger partial charge in [0, 0.05) is 51.6 Å². The number of morpholine rings is 1. The van der Waals surface area contributed by atoms with E-state index in [2.05, 4.69) is 12.2 Å². The highest BCUT2D eigenvalue weighted by atomic mass is 16.5. The van der Waals surface area contributed by atoms with E-state index < -0.39 is 0 Å². The number of piperidine rings is 2. The molecule has 1 spiro atoms. The Kier molecular flexibility index (Phi) is 5.21. The summed E-state index contributed by atoms with van der Waals surface area (Å²) in [5, 5.41) is 3.35. The molecule has 3 aliphatic rings. The maximum Gasteiger partial charge on any atom is 0.224 e. The van der Waals surface area contributed by atoms with Gasteiger partial charge in [-0.05, 0) is 31.6 Å². The number of hydrogen-bond donors (Lipinski definition) is 1. The van der Waals surface area contributed by atoms with Crippen LogP contribution < -0.4 is 5.32 Å². The molecule has 130 valence electrons. The van der Waals surface area contributed by atoms with Gasteiger partial charge >= 0.3 is 0 Å². The second-order valence-electron chi connectivity index (χ2n) is 7.22. The Morgan fingerprint density at radius 2 is 2.13 bits per heavy atom. The van der Waals surface area contributed by atoms with Crippen LogP contribution in [0.1, 0.15) is 39.0 Å². The molecule has 0 saturated carbocycles. The SMILES string of the molecule is CCN1CC2(CCC1=O)CCN(C(=O)CC1COCCN1)CC2. The molecule has 6 nitrogen and oxygen atoms in total. The van der Waals surface area contributed by atoms with Crippen molar-refractivity contribution in [1.82, 2.24) is 15.1 Å². The van der Waals surface area contributed by atoms with Crippen molar-refractivity contribution in [2.75, 3.05) is 45.9 Å². The first kappa shape index (κ1) is 16.7. The van der Waals surface area contributed by atoms with E-state index in [0.717, 1.165) is 58.6 Å². The highest BCUT2D eigenvalue weighted by molar-refractivity contribution is 5.78. The topological polar surface area (TPSA) is 61.9 Å². The Balaban J connectivity index is 1.49. The Morgan fingerprint density at radius 1 is 1.35 bits per heavy atom. The molecule has 3 fully saturated rings. The van der Waals surface area contributed by atoms with Gasteiger partial charge in [0.25, 0.3) is 0 Å². The van der Waals surface area contributed by atoms with E-state index in [4.69, 9.17) is 4.74 Å². The average molecular weight is 323 g/mol. The summed E-state index contributed by atoms with van der Waals surface area (Å²) in [5.74, 6) is 0.530. The van der Waals surface area contributed by atoms with Crippen molar-refractivity contribution in [3.8, 4) is 0 Å². The molecular formula is C17H29N3O3. The first-order chi connectivity index (χ1) is 11.1. The molecule has 23 heavy (non-hydrogen) atoms. The smallest absolute Gasteiger partial charge is 0.224 e. The third kappa shape index (κ3) is 3.86. The third-order valence-electron chi connectivity index (χ3n) is 5.73. The van der Waals surface area contributed by atoms with E-state index >= 15 is 0 Å². The number of nitrogens with one attached hydrogen (secondary N) is 1. The summed E-state index contributed by atoms with van der Waals surface area (Å²) in [4.78, 5) is 28.4. The predicted octanol–water partition coefficient (Wildman–Crippen LogP) is 0.616. The summed E-state index contributed by atoms with van der Waals surface area (Å²) >= 11 is 0. The fourth-order valence-corrected chi connectivity index (χ4v) is 4.12. The summed E-state index contributed by atoms with van der Waals surface area (Å²) in [6.07, 6.45) is 4.24. The number of carbonyl (C=O) groups excluding carboxylic acids is 2. The maximum absolute atomic E-state index is 12.5. The number of likely N-dealkylation sites (tertiary alicyclic amines) is 2. The van der Waals surface area contributed by atoms with Crippen LogP contribution in [0.15, 0.2) is 0 Å². The Bertz CT molecular complexity index is 440. The summed E-state index contributed by atoms with van der Waals surface area (Å²) in [5.41, 5.74) is 0.243. The van der Waals surface area contributed by atoms with E-state index in [-0.39, 0.29) is 17.4 Å². The predicted molar refractivity (Wildman–Crippen MR) is 87.0 cm³/mol. The molecule has 3 rings (SSSR count). The fraction of sp³-hybridized carbons (Fsp3) is 0.882. The monoisotopic (exact) mass is 323 g/mol. The molecule has 0 aliphatic carbocycles. The lowest BCUT2D eigenvalue weighted by Gasteiger charge is -2.47. The zero-order valence-corrected chi connectivity index (χ0v) is 14.2. The molecule has 1 atom stereocenters. The number of carbonyl (C=O) groups is 2. The minimum absolute atomic E-state index is 0.162. The van der Waals surface area contributed by atoms with Gasteiger partial charge in [-0.25, -0.2) is 0 Å². The lowest BCUT2D eigenvalue weighted by atomic mass is 9.72.